The topological polar surface area (TPSA) is 27.1 Å². The minimum absolute atomic E-state index is 0.00289. The highest BCUT2D eigenvalue weighted by Gasteiger charge is 2.31. The van der Waals surface area contributed by atoms with Crippen molar-refractivity contribution in [1.82, 2.24) is 9.55 Å². The molecule has 0 bridgehead atoms. The van der Waals surface area contributed by atoms with Crippen molar-refractivity contribution in [2.75, 3.05) is 0 Å². The van der Waals surface area contributed by atoms with E-state index in [-0.39, 0.29) is 11.6 Å². The first kappa shape index (κ1) is 14.4. The Hall–Kier alpha value is -1.01. The van der Waals surface area contributed by atoms with Crippen molar-refractivity contribution in [1.29, 1.82) is 0 Å². The Labute approximate surface area is 118 Å². The van der Waals surface area contributed by atoms with Crippen LogP contribution in [0.25, 0.3) is 11.0 Å². The molecular formula is C13H15BrF2N2O. The van der Waals surface area contributed by atoms with Gasteiger partial charge in [0.05, 0.1) is 5.52 Å². The van der Waals surface area contributed by atoms with E-state index >= 15 is 0 Å². The lowest BCUT2D eigenvalue weighted by Crippen LogP contribution is -2.24. The van der Waals surface area contributed by atoms with Gasteiger partial charge >= 0.3 is 0 Å². The normalized spacial score (nSPS) is 12.6. The Morgan fingerprint density at radius 1 is 1.37 bits per heavy atom. The van der Waals surface area contributed by atoms with Gasteiger partial charge in [0.1, 0.15) is 11.3 Å². The van der Waals surface area contributed by atoms with Crippen molar-refractivity contribution in [2.45, 2.75) is 39.3 Å². The Morgan fingerprint density at radius 3 is 2.53 bits per heavy atom. The largest absolute Gasteiger partial charge is 0.323 e. The van der Waals surface area contributed by atoms with Crippen molar-refractivity contribution in [3.63, 3.8) is 0 Å². The van der Waals surface area contributed by atoms with E-state index in [2.05, 4.69) is 25.9 Å². The number of hydrogen-bond donors (Lipinski definition) is 0. The van der Waals surface area contributed by atoms with Crippen LogP contribution in [0.2, 0.25) is 0 Å². The van der Waals surface area contributed by atoms with Crippen molar-refractivity contribution in [3.05, 3.63) is 28.2 Å². The van der Waals surface area contributed by atoms with Gasteiger partial charge in [0, 0.05) is 10.5 Å². The Balaban J connectivity index is 2.86. The maximum Gasteiger partial charge on any atom is 0.161 e. The van der Waals surface area contributed by atoms with Gasteiger partial charge in [-0.25, -0.2) is 9.37 Å². The summed E-state index contributed by atoms with van der Waals surface area (Å²) in [6.07, 6.45) is 0. The molecule has 3 nitrogen and oxygen atoms in total. The summed E-state index contributed by atoms with van der Waals surface area (Å²) >= 11 is 3.26. The molecule has 104 valence electrons. The second-order valence-electron chi connectivity index (χ2n) is 5.24. The molecule has 2 rings (SSSR count). The van der Waals surface area contributed by atoms with Gasteiger partial charge in [0.25, 0.3) is 0 Å². The van der Waals surface area contributed by atoms with Gasteiger partial charge in [-0.05, 0) is 44.4 Å². The van der Waals surface area contributed by atoms with Gasteiger partial charge in [-0.3, -0.25) is 0 Å². The molecule has 1 aromatic heterocycles. The van der Waals surface area contributed by atoms with Crippen LogP contribution in [0.15, 0.2) is 16.6 Å². The Bertz CT molecular complexity index is 623. The van der Waals surface area contributed by atoms with E-state index in [0.717, 1.165) is 0 Å². The Kier molecular flexibility index (Phi) is 3.66. The van der Waals surface area contributed by atoms with Crippen LogP contribution in [0.1, 0.15) is 39.6 Å². The summed E-state index contributed by atoms with van der Waals surface area (Å²) in [5, 5.41) is 0. The smallest absolute Gasteiger partial charge is 0.161 e. The number of aromatic nitrogens is 2. The van der Waals surface area contributed by atoms with Crippen LogP contribution in [0.3, 0.4) is 0 Å². The first-order chi connectivity index (χ1) is 8.77. The van der Waals surface area contributed by atoms with Gasteiger partial charge in [-0.2, -0.15) is 4.94 Å². The summed E-state index contributed by atoms with van der Waals surface area (Å²) in [6, 6.07) is 3.11. The number of nitrogens with zero attached hydrogens (tertiary/aromatic N) is 2. The van der Waals surface area contributed by atoms with Crippen molar-refractivity contribution in [3.8, 4) is 0 Å². The minimum Gasteiger partial charge on any atom is -0.323 e. The van der Waals surface area contributed by atoms with Crippen LogP contribution in [0.5, 0.6) is 0 Å². The van der Waals surface area contributed by atoms with E-state index in [1.807, 2.05) is 13.8 Å². The molecule has 1 heterocycles. The molecule has 0 spiro atoms. The summed E-state index contributed by atoms with van der Waals surface area (Å²) in [6.45, 7) is 6.97. The number of hydrogen-bond acceptors (Lipinski definition) is 2. The first-order valence-corrected chi connectivity index (χ1v) is 6.74. The fraction of sp³-hybridized carbons (Fsp3) is 0.462. The standard InChI is InChI=1S/C13H15BrF2N2O/c1-7(2)18-10-6-8(14)5-9(15)11(10)17-12(18)13(3,4)19-16/h5-7H,1-4H3. The van der Waals surface area contributed by atoms with Crippen LogP contribution in [-0.2, 0) is 10.5 Å². The molecule has 2 aromatic rings. The van der Waals surface area contributed by atoms with E-state index in [0.29, 0.717) is 15.8 Å². The molecule has 0 aliphatic heterocycles. The SMILES string of the molecule is CC(C)n1c(C(C)(C)OF)nc2c(F)cc(Br)cc21. The lowest BCUT2D eigenvalue weighted by atomic mass is 10.1. The molecule has 0 aliphatic rings. The molecule has 0 saturated heterocycles. The van der Waals surface area contributed by atoms with Gasteiger partial charge in [0.2, 0.25) is 0 Å². The van der Waals surface area contributed by atoms with Crippen LogP contribution < -0.4 is 0 Å². The van der Waals surface area contributed by atoms with Gasteiger partial charge in [-0.15, -0.1) is 0 Å². The molecule has 0 saturated carbocycles. The van der Waals surface area contributed by atoms with Crippen LogP contribution in [0.4, 0.5) is 8.92 Å². The molecule has 0 unspecified atom stereocenters. The third kappa shape index (κ3) is 2.39. The summed E-state index contributed by atoms with van der Waals surface area (Å²) < 4.78 is 29.1. The van der Waals surface area contributed by atoms with Crippen molar-refractivity contribution >= 4 is 27.0 Å². The minimum atomic E-state index is -1.23. The highest BCUT2D eigenvalue weighted by molar-refractivity contribution is 9.10. The maximum absolute atomic E-state index is 14.0. The molecule has 1 aromatic carbocycles. The molecule has 6 heteroatoms. The fourth-order valence-corrected chi connectivity index (χ4v) is 2.52. The maximum atomic E-state index is 14.0. The predicted octanol–water partition coefficient (Wildman–Crippen LogP) is 4.66. The van der Waals surface area contributed by atoms with E-state index in [4.69, 9.17) is 0 Å². The van der Waals surface area contributed by atoms with Crippen LogP contribution in [-0.4, -0.2) is 9.55 Å². The lowest BCUT2D eigenvalue weighted by Gasteiger charge is -2.22. The first-order valence-electron chi connectivity index (χ1n) is 5.95. The van der Waals surface area contributed by atoms with E-state index in [1.165, 1.54) is 6.07 Å². The third-order valence-corrected chi connectivity index (χ3v) is 3.42. The summed E-state index contributed by atoms with van der Waals surface area (Å²) in [4.78, 5) is 8.22. The van der Waals surface area contributed by atoms with Crippen LogP contribution in [0, 0.1) is 5.82 Å². The van der Waals surface area contributed by atoms with Gasteiger partial charge in [-0.1, -0.05) is 15.9 Å². The highest BCUT2D eigenvalue weighted by Crippen LogP contribution is 2.33. The van der Waals surface area contributed by atoms with E-state index in [9.17, 15) is 8.92 Å². The molecular weight excluding hydrogens is 318 g/mol. The molecule has 0 aliphatic carbocycles. The summed E-state index contributed by atoms with van der Waals surface area (Å²) in [5.41, 5.74) is -0.401. The number of halogens is 3. The van der Waals surface area contributed by atoms with E-state index < -0.39 is 11.4 Å². The van der Waals surface area contributed by atoms with Gasteiger partial charge < -0.3 is 4.57 Å². The molecule has 0 atom stereocenters. The second kappa shape index (κ2) is 4.83. The summed E-state index contributed by atoms with van der Waals surface area (Å²) in [7, 11) is 0. The highest BCUT2D eigenvalue weighted by atomic mass is 79.9. The summed E-state index contributed by atoms with van der Waals surface area (Å²) in [5.74, 6) is -0.0864. The lowest BCUT2D eigenvalue weighted by molar-refractivity contribution is -0.231. The van der Waals surface area contributed by atoms with Crippen molar-refractivity contribution in [2.24, 2.45) is 0 Å². The molecule has 0 fully saturated rings. The average Bonchev–Trinajstić information content (AvgIpc) is 2.69. The van der Waals surface area contributed by atoms with Crippen LogP contribution >= 0.6 is 15.9 Å². The Morgan fingerprint density at radius 2 is 2.00 bits per heavy atom. The number of imidazole rings is 1. The van der Waals surface area contributed by atoms with E-state index in [1.54, 1.807) is 24.5 Å². The number of rotatable bonds is 3. The molecule has 0 amide bonds. The quantitative estimate of drug-likeness (QED) is 0.817. The molecule has 19 heavy (non-hydrogen) atoms. The number of benzene rings is 1. The van der Waals surface area contributed by atoms with Gasteiger partial charge in [0.15, 0.2) is 11.4 Å². The average molecular weight is 333 g/mol. The predicted molar refractivity (Wildman–Crippen MR) is 73.0 cm³/mol. The molecule has 0 N–H and O–H groups in total. The van der Waals surface area contributed by atoms with Crippen molar-refractivity contribution < 1.29 is 13.9 Å². The fourth-order valence-electron chi connectivity index (χ4n) is 2.10. The monoisotopic (exact) mass is 332 g/mol. The number of fused-ring (bicyclic) bond motifs is 1. The molecule has 0 radical (unpaired) electrons. The third-order valence-electron chi connectivity index (χ3n) is 2.96. The zero-order valence-corrected chi connectivity index (χ0v) is 12.8. The second-order valence-corrected chi connectivity index (χ2v) is 6.16. The zero-order chi connectivity index (χ0) is 14.4. The zero-order valence-electron chi connectivity index (χ0n) is 11.2.